The molecule has 0 aliphatic rings. The Hall–Kier alpha value is -1.56. The third kappa shape index (κ3) is 4.20. The van der Waals surface area contributed by atoms with E-state index in [9.17, 15) is 9.59 Å². The second-order valence-corrected chi connectivity index (χ2v) is 6.36. The van der Waals surface area contributed by atoms with Crippen molar-refractivity contribution in [2.75, 3.05) is 0 Å². The fourth-order valence-electron chi connectivity index (χ4n) is 2.34. The van der Waals surface area contributed by atoms with Gasteiger partial charge in [-0.1, -0.05) is 25.4 Å². The number of aryl methyl sites for hydroxylation is 1. The second-order valence-electron chi connectivity index (χ2n) is 5.98. The first-order valence-corrected chi connectivity index (χ1v) is 7.25. The molecule has 1 aromatic rings. The molecule has 0 bridgehead atoms. The Kier molecular flexibility index (Phi) is 5.39. The number of halogens is 1. The lowest BCUT2D eigenvalue weighted by Crippen LogP contribution is -2.56. The number of carbonyl (C=O) groups is 2. The summed E-state index contributed by atoms with van der Waals surface area (Å²) in [7, 11) is 0. The first-order chi connectivity index (χ1) is 9.56. The SMILES string of the molecule is Cc1nn(CC(=O)NC(C)(CC(C)C)C(N)=O)c(C)c1Cl. The van der Waals surface area contributed by atoms with Gasteiger partial charge in [0.1, 0.15) is 12.1 Å². The number of aromatic nitrogens is 2. The van der Waals surface area contributed by atoms with Crippen molar-refractivity contribution in [1.82, 2.24) is 15.1 Å². The van der Waals surface area contributed by atoms with Crippen molar-refractivity contribution in [3.63, 3.8) is 0 Å². The highest BCUT2D eigenvalue weighted by molar-refractivity contribution is 6.31. The van der Waals surface area contributed by atoms with Crippen molar-refractivity contribution < 1.29 is 9.59 Å². The van der Waals surface area contributed by atoms with E-state index in [2.05, 4.69) is 10.4 Å². The molecule has 1 atom stereocenters. The number of nitrogens with two attached hydrogens (primary N) is 1. The largest absolute Gasteiger partial charge is 0.368 e. The molecule has 3 N–H and O–H groups in total. The number of nitrogens with one attached hydrogen (secondary N) is 1. The maximum absolute atomic E-state index is 12.2. The zero-order chi connectivity index (χ0) is 16.4. The molecule has 118 valence electrons. The highest BCUT2D eigenvalue weighted by Crippen LogP contribution is 2.19. The van der Waals surface area contributed by atoms with Gasteiger partial charge in [-0.05, 0) is 33.1 Å². The van der Waals surface area contributed by atoms with Gasteiger partial charge in [0.05, 0.1) is 16.4 Å². The predicted molar refractivity (Wildman–Crippen MR) is 81.9 cm³/mol. The van der Waals surface area contributed by atoms with Crippen LogP contribution in [0.5, 0.6) is 0 Å². The molecule has 0 saturated carbocycles. The molecule has 0 aromatic carbocycles. The molecular weight excluding hydrogens is 292 g/mol. The molecule has 0 aliphatic heterocycles. The van der Waals surface area contributed by atoms with E-state index in [0.29, 0.717) is 22.8 Å². The van der Waals surface area contributed by atoms with Gasteiger partial charge in [-0.25, -0.2) is 0 Å². The number of hydrogen-bond acceptors (Lipinski definition) is 3. The average Bonchev–Trinajstić information content (AvgIpc) is 2.55. The fourth-order valence-corrected chi connectivity index (χ4v) is 2.48. The smallest absolute Gasteiger partial charge is 0.242 e. The summed E-state index contributed by atoms with van der Waals surface area (Å²) >= 11 is 6.05. The van der Waals surface area contributed by atoms with Gasteiger partial charge in [0.25, 0.3) is 0 Å². The molecule has 6 nitrogen and oxygen atoms in total. The summed E-state index contributed by atoms with van der Waals surface area (Å²) in [6.07, 6.45) is 0.478. The van der Waals surface area contributed by atoms with Gasteiger partial charge < -0.3 is 11.1 Å². The van der Waals surface area contributed by atoms with Crippen LogP contribution in [-0.2, 0) is 16.1 Å². The molecule has 0 saturated heterocycles. The summed E-state index contributed by atoms with van der Waals surface area (Å²) in [5.41, 5.74) is 5.74. The summed E-state index contributed by atoms with van der Waals surface area (Å²) in [6.45, 7) is 9.14. The number of hydrogen-bond donors (Lipinski definition) is 2. The van der Waals surface area contributed by atoms with Crippen LogP contribution >= 0.6 is 11.6 Å². The van der Waals surface area contributed by atoms with Gasteiger partial charge >= 0.3 is 0 Å². The molecular formula is C14H23ClN4O2. The molecule has 7 heteroatoms. The maximum Gasteiger partial charge on any atom is 0.242 e. The van der Waals surface area contributed by atoms with E-state index in [1.54, 1.807) is 20.8 Å². The molecule has 0 aliphatic carbocycles. The van der Waals surface area contributed by atoms with Gasteiger partial charge in [0.2, 0.25) is 11.8 Å². The van der Waals surface area contributed by atoms with Crippen molar-refractivity contribution >= 4 is 23.4 Å². The third-order valence-corrected chi connectivity index (χ3v) is 3.91. The minimum absolute atomic E-state index is 0.000356. The predicted octanol–water partition coefficient (Wildman–Crippen LogP) is 1.56. The first kappa shape index (κ1) is 17.5. The van der Waals surface area contributed by atoms with Crippen LogP contribution in [0.1, 0.15) is 38.6 Å². The maximum atomic E-state index is 12.2. The summed E-state index contributed by atoms with van der Waals surface area (Å²) in [5, 5.41) is 7.45. The lowest BCUT2D eigenvalue weighted by atomic mass is 9.90. The van der Waals surface area contributed by atoms with E-state index in [1.807, 2.05) is 13.8 Å². The summed E-state index contributed by atoms with van der Waals surface area (Å²) < 4.78 is 1.52. The molecule has 0 fully saturated rings. The highest BCUT2D eigenvalue weighted by atomic mass is 35.5. The Morgan fingerprint density at radius 2 is 2.00 bits per heavy atom. The summed E-state index contributed by atoms with van der Waals surface area (Å²) in [4.78, 5) is 23.8. The first-order valence-electron chi connectivity index (χ1n) is 6.87. The van der Waals surface area contributed by atoms with Crippen molar-refractivity contribution in [3.05, 3.63) is 16.4 Å². The number of carbonyl (C=O) groups excluding carboxylic acids is 2. The lowest BCUT2D eigenvalue weighted by molar-refractivity contribution is -0.132. The minimum atomic E-state index is -1.06. The van der Waals surface area contributed by atoms with Crippen LogP contribution in [0.15, 0.2) is 0 Å². The molecule has 0 radical (unpaired) electrons. The zero-order valence-corrected chi connectivity index (χ0v) is 13.9. The normalized spacial score (nSPS) is 14.0. The molecule has 1 heterocycles. The number of nitrogens with zero attached hydrogens (tertiary/aromatic N) is 2. The van der Waals surface area contributed by atoms with Crippen LogP contribution in [0.4, 0.5) is 0 Å². The highest BCUT2D eigenvalue weighted by Gasteiger charge is 2.33. The number of primary amides is 1. The Morgan fingerprint density at radius 3 is 2.38 bits per heavy atom. The molecule has 2 amide bonds. The number of rotatable bonds is 6. The van der Waals surface area contributed by atoms with Crippen LogP contribution in [0.3, 0.4) is 0 Å². The minimum Gasteiger partial charge on any atom is -0.368 e. The molecule has 1 rings (SSSR count). The molecule has 1 unspecified atom stereocenters. The number of amides is 2. The monoisotopic (exact) mass is 314 g/mol. The van der Waals surface area contributed by atoms with Gasteiger partial charge in [-0.2, -0.15) is 5.10 Å². The fraction of sp³-hybridized carbons (Fsp3) is 0.643. The summed E-state index contributed by atoms with van der Waals surface area (Å²) in [6, 6.07) is 0. The van der Waals surface area contributed by atoms with Gasteiger partial charge in [0, 0.05) is 0 Å². The second kappa shape index (κ2) is 6.47. The molecule has 21 heavy (non-hydrogen) atoms. The van der Waals surface area contributed by atoms with Crippen LogP contribution in [0, 0.1) is 19.8 Å². The van der Waals surface area contributed by atoms with Gasteiger partial charge in [-0.15, -0.1) is 0 Å². The standard InChI is InChI=1S/C14H23ClN4O2/c1-8(2)6-14(5,13(16)21)17-11(20)7-19-10(4)12(15)9(3)18-19/h8H,6-7H2,1-5H3,(H2,16,21)(H,17,20). The summed E-state index contributed by atoms with van der Waals surface area (Å²) in [5.74, 6) is -0.638. The van der Waals surface area contributed by atoms with Crippen molar-refractivity contribution in [1.29, 1.82) is 0 Å². The van der Waals surface area contributed by atoms with Crippen molar-refractivity contribution in [2.45, 2.75) is 53.1 Å². The van der Waals surface area contributed by atoms with Gasteiger partial charge in [0.15, 0.2) is 0 Å². The third-order valence-electron chi connectivity index (χ3n) is 3.36. The Labute approximate surface area is 130 Å². The van der Waals surface area contributed by atoms with Gasteiger partial charge in [-0.3, -0.25) is 14.3 Å². The Morgan fingerprint density at radius 1 is 1.43 bits per heavy atom. The van der Waals surface area contributed by atoms with E-state index < -0.39 is 11.4 Å². The van der Waals surface area contributed by atoms with E-state index in [1.165, 1.54) is 4.68 Å². The Bertz CT molecular complexity index is 553. The van der Waals surface area contributed by atoms with Crippen LogP contribution in [0.2, 0.25) is 5.02 Å². The average molecular weight is 315 g/mol. The quantitative estimate of drug-likeness (QED) is 0.835. The topological polar surface area (TPSA) is 90.0 Å². The molecule has 0 spiro atoms. The van der Waals surface area contributed by atoms with Crippen molar-refractivity contribution in [2.24, 2.45) is 11.7 Å². The van der Waals surface area contributed by atoms with Crippen LogP contribution < -0.4 is 11.1 Å². The van der Waals surface area contributed by atoms with Crippen LogP contribution in [-0.4, -0.2) is 27.1 Å². The zero-order valence-electron chi connectivity index (χ0n) is 13.2. The molecule has 1 aromatic heterocycles. The van der Waals surface area contributed by atoms with E-state index in [0.717, 1.165) is 0 Å². The Balaban J connectivity index is 2.84. The van der Waals surface area contributed by atoms with Crippen LogP contribution in [0.25, 0.3) is 0 Å². The van der Waals surface area contributed by atoms with Crippen molar-refractivity contribution in [3.8, 4) is 0 Å². The van der Waals surface area contributed by atoms with E-state index in [-0.39, 0.29) is 18.4 Å². The van der Waals surface area contributed by atoms with E-state index >= 15 is 0 Å². The lowest BCUT2D eigenvalue weighted by Gasteiger charge is -2.29. The van der Waals surface area contributed by atoms with E-state index in [4.69, 9.17) is 17.3 Å².